The first-order chi connectivity index (χ1) is 13.1. The van der Waals surface area contributed by atoms with Crippen LogP contribution in [0.1, 0.15) is 44.4 Å². The molecule has 3 heteroatoms. The van der Waals surface area contributed by atoms with Crippen LogP contribution in [0.4, 0.5) is 17.1 Å². The Labute approximate surface area is 167 Å². The van der Waals surface area contributed by atoms with Crippen molar-refractivity contribution >= 4 is 17.1 Å². The van der Waals surface area contributed by atoms with Crippen LogP contribution in [0.15, 0.2) is 72.8 Å². The molecule has 0 saturated heterocycles. The van der Waals surface area contributed by atoms with Crippen LogP contribution in [0.2, 0.25) is 0 Å². The Kier molecular flexibility index (Phi) is 5.33. The van der Waals surface area contributed by atoms with Gasteiger partial charge in [-0.3, -0.25) is 0 Å². The fourth-order valence-electron chi connectivity index (χ4n) is 3.18. The van der Waals surface area contributed by atoms with Gasteiger partial charge in [-0.05, 0) is 82.1 Å². The third-order valence-electron chi connectivity index (χ3n) is 4.96. The zero-order valence-electron chi connectivity index (χ0n) is 17.3. The second-order valence-corrected chi connectivity index (χ2v) is 8.38. The van der Waals surface area contributed by atoms with Crippen molar-refractivity contribution in [2.45, 2.75) is 45.8 Å². The van der Waals surface area contributed by atoms with Crippen LogP contribution in [0.5, 0.6) is 0 Å². The highest BCUT2D eigenvalue weighted by molar-refractivity contribution is 5.76. The highest BCUT2D eigenvalue weighted by Crippen LogP contribution is 2.36. The van der Waals surface area contributed by atoms with E-state index in [0.717, 1.165) is 28.2 Å². The number of nitrogens with zero attached hydrogens (tertiary/aromatic N) is 1. The molecule has 3 aromatic rings. The predicted octanol–water partition coefficient (Wildman–Crippen LogP) is 5.92. The zero-order chi connectivity index (χ0) is 20.5. The summed E-state index contributed by atoms with van der Waals surface area (Å²) in [5, 5.41) is 20.5. The molecule has 0 unspecified atom stereocenters. The third kappa shape index (κ3) is 4.44. The smallest absolute Gasteiger partial charge is 0.0840 e. The molecular formula is C25H29NO2. The molecule has 3 nitrogen and oxygen atoms in total. The lowest BCUT2D eigenvalue weighted by atomic mass is 9.97. The molecule has 0 saturated carbocycles. The molecule has 0 amide bonds. The van der Waals surface area contributed by atoms with E-state index in [-0.39, 0.29) is 0 Å². The minimum Gasteiger partial charge on any atom is -0.386 e. The van der Waals surface area contributed by atoms with Gasteiger partial charge in [-0.1, -0.05) is 42.0 Å². The van der Waals surface area contributed by atoms with Gasteiger partial charge < -0.3 is 15.1 Å². The summed E-state index contributed by atoms with van der Waals surface area (Å²) in [5.41, 5.74) is 4.27. The van der Waals surface area contributed by atoms with Gasteiger partial charge in [0, 0.05) is 17.1 Å². The van der Waals surface area contributed by atoms with Crippen LogP contribution in [0.3, 0.4) is 0 Å². The summed E-state index contributed by atoms with van der Waals surface area (Å²) in [6, 6.07) is 24.3. The normalized spacial score (nSPS) is 12.1. The van der Waals surface area contributed by atoms with Gasteiger partial charge in [0.25, 0.3) is 0 Å². The topological polar surface area (TPSA) is 43.7 Å². The molecule has 0 fully saturated rings. The van der Waals surface area contributed by atoms with E-state index in [1.54, 1.807) is 27.7 Å². The lowest BCUT2D eigenvalue weighted by Crippen LogP contribution is -2.17. The van der Waals surface area contributed by atoms with Crippen LogP contribution in [-0.2, 0) is 11.2 Å². The number of aryl methyl sites for hydroxylation is 1. The second kappa shape index (κ2) is 7.42. The number of aliphatic hydroxyl groups is 2. The monoisotopic (exact) mass is 375 g/mol. The van der Waals surface area contributed by atoms with E-state index in [9.17, 15) is 10.2 Å². The van der Waals surface area contributed by atoms with Crippen LogP contribution in [0.25, 0.3) is 0 Å². The molecular weight excluding hydrogens is 346 g/mol. The average Bonchev–Trinajstić information content (AvgIpc) is 2.63. The average molecular weight is 376 g/mol. The Morgan fingerprint density at radius 1 is 0.536 bits per heavy atom. The first-order valence-electron chi connectivity index (χ1n) is 9.58. The van der Waals surface area contributed by atoms with Crippen molar-refractivity contribution < 1.29 is 10.2 Å². The summed E-state index contributed by atoms with van der Waals surface area (Å²) in [7, 11) is 0. The lowest BCUT2D eigenvalue weighted by Gasteiger charge is -2.27. The van der Waals surface area contributed by atoms with Gasteiger partial charge in [-0.2, -0.15) is 0 Å². The molecule has 0 aliphatic rings. The van der Waals surface area contributed by atoms with E-state index in [1.807, 2.05) is 48.5 Å². The molecule has 0 spiro atoms. The fraction of sp³-hybridized carbons (Fsp3) is 0.280. The summed E-state index contributed by atoms with van der Waals surface area (Å²) >= 11 is 0. The van der Waals surface area contributed by atoms with E-state index in [1.165, 1.54) is 5.56 Å². The van der Waals surface area contributed by atoms with E-state index >= 15 is 0 Å². The fourth-order valence-corrected chi connectivity index (χ4v) is 3.18. The van der Waals surface area contributed by atoms with E-state index in [0.29, 0.717) is 0 Å². The van der Waals surface area contributed by atoms with Crippen molar-refractivity contribution in [2.75, 3.05) is 4.90 Å². The van der Waals surface area contributed by atoms with Gasteiger partial charge in [0.2, 0.25) is 0 Å². The van der Waals surface area contributed by atoms with E-state index in [4.69, 9.17) is 0 Å². The van der Waals surface area contributed by atoms with Crippen LogP contribution in [-0.4, -0.2) is 10.2 Å². The Morgan fingerprint density at radius 3 is 1.11 bits per heavy atom. The summed E-state index contributed by atoms with van der Waals surface area (Å²) < 4.78 is 0. The number of anilines is 3. The number of hydrogen-bond acceptors (Lipinski definition) is 3. The van der Waals surface area contributed by atoms with Crippen LogP contribution < -0.4 is 4.90 Å². The molecule has 0 heterocycles. The summed E-state index contributed by atoms with van der Waals surface area (Å²) in [5.74, 6) is 0. The quantitative estimate of drug-likeness (QED) is 0.582. The Bertz CT molecular complexity index is 855. The highest BCUT2D eigenvalue weighted by atomic mass is 16.3. The van der Waals surface area contributed by atoms with E-state index < -0.39 is 11.2 Å². The Morgan fingerprint density at radius 2 is 0.821 bits per heavy atom. The van der Waals surface area contributed by atoms with Crippen molar-refractivity contribution in [3.63, 3.8) is 0 Å². The molecule has 0 bridgehead atoms. The van der Waals surface area contributed by atoms with Crippen molar-refractivity contribution in [2.24, 2.45) is 0 Å². The minimum absolute atomic E-state index is 0.873. The van der Waals surface area contributed by atoms with Gasteiger partial charge in [0.05, 0.1) is 11.2 Å². The van der Waals surface area contributed by atoms with Crippen molar-refractivity contribution in [1.82, 2.24) is 0 Å². The lowest BCUT2D eigenvalue weighted by molar-refractivity contribution is 0.0781. The molecule has 0 aliphatic heterocycles. The Balaban J connectivity index is 2.06. The van der Waals surface area contributed by atoms with Gasteiger partial charge in [-0.15, -0.1) is 0 Å². The Hall–Kier alpha value is -2.62. The van der Waals surface area contributed by atoms with Crippen molar-refractivity contribution in [1.29, 1.82) is 0 Å². The highest BCUT2D eigenvalue weighted by Gasteiger charge is 2.19. The van der Waals surface area contributed by atoms with Gasteiger partial charge >= 0.3 is 0 Å². The second-order valence-electron chi connectivity index (χ2n) is 8.38. The standard InChI is InChI=1S/C25H29NO2/c1-18-6-12-21(13-7-18)26(22-14-8-19(9-15-22)24(2,3)27)23-16-10-20(11-17-23)25(4,5)28/h6-17,27-28H,1-5H3. The van der Waals surface area contributed by atoms with Crippen molar-refractivity contribution in [3.8, 4) is 0 Å². The third-order valence-corrected chi connectivity index (χ3v) is 4.96. The summed E-state index contributed by atoms with van der Waals surface area (Å²) in [6.45, 7) is 9.22. The number of hydrogen-bond donors (Lipinski definition) is 2. The first kappa shape index (κ1) is 20.1. The molecule has 0 aliphatic carbocycles. The van der Waals surface area contributed by atoms with Crippen molar-refractivity contribution in [3.05, 3.63) is 89.5 Å². The minimum atomic E-state index is -0.873. The molecule has 3 aromatic carbocycles. The molecule has 0 atom stereocenters. The van der Waals surface area contributed by atoms with Gasteiger partial charge in [0.15, 0.2) is 0 Å². The largest absolute Gasteiger partial charge is 0.386 e. The molecule has 0 aromatic heterocycles. The molecule has 3 rings (SSSR count). The maximum absolute atomic E-state index is 10.3. The van der Waals surface area contributed by atoms with Crippen LogP contribution >= 0.6 is 0 Å². The van der Waals surface area contributed by atoms with Crippen LogP contribution in [0, 0.1) is 6.92 Å². The summed E-state index contributed by atoms with van der Waals surface area (Å²) in [4.78, 5) is 2.17. The molecule has 0 radical (unpaired) electrons. The number of rotatable bonds is 5. The summed E-state index contributed by atoms with van der Waals surface area (Å²) in [6.07, 6.45) is 0. The first-order valence-corrected chi connectivity index (χ1v) is 9.58. The maximum atomic E-state index is 10.3. The zero-order valence-corrected chi connectivity index (χ0v) is 17.3. The predicted molar refractivity (Wildman–Crippen MR) is 116 cm³/mol. The molecule has 2 N–H and O–H groups in total. The van der Waals surface area contributed by atoms with E-state index in [2.05, 4.69) is 36.1 Å². The maximum Gasteiger partial charge on any atom is 0.0840 e. The van der Waals surface area contributed by atoms with Gasteiger partial charge in [-0.25, -0.2) is 0 Å². The van der Waals surface area contributed by atoms with Gasteiger partial charge in [0.1, 0.15) is 0 Å². The molecule has 28 heavy (non-hydrogen) atoms. The SMILES string of the molecule is Cc1ccc(N(c2ccc(C(C)(C)O)cc2)c2ccc(C(C)(C)O)cc2)cc1. The number of benzene rings is 3. The molecule has 146 valence electrons.